The fourth-order valence-electron chi connectivity index (χ4n) is 4.34. The van der Waals surface area contributed by atoms with Gasteiger partial charge in [0, 0.05) is 38.0 Å². The van der Waals surface area contributed by atoms with E-state index in [1.807, 2.05) is 12.1 Å². The van der Waals surface area contributed by atoms with Gasteiger partial charge in [0.2, 0.25) is 0 Å². The lowest BCUT2D eigenvalue weighted by Gasteiger charge is -2.26. The second kappa shape index (κ2) is 8.75. The Labute approximate surface area is 182 Å². The molecule has 2 heterocycles. The number of benzene rings is 1. The van der Waals surface area contributed by atoms with Crippen molar-refractivity contribution < 1.29 is 14.3 Å². The molecule has 6 nitrogen and oxygen atoms in total. The zero-order valence-electron chi connectivity index (χ0n) is 18.3. The first kappa shape index (κ1) is 21.4. The van der Waals surface area contributed by atoms with Crippen LogP contribution in [-0.4, -0.2) is 51.9 Å². The number of hydrazone groups is 1. The minimum Gasteiger partial charge on any atom is -0.389 e. The highest BCUT2D eigenvalue weighted by Crippen LogP contribution is 2.36. The van der Waals surface area contributed by atoms with Crippen LogP contribution >= 0.6 is 0 Å². The van der Waals surface area contributed by atoms with Gasteiger partial charge in [-0.15, -0.1) is 0 Å². The van der Waals surface area contributed by atoms with E-state index >= 15 is 0 Å². The number of urea groups is 1. The maximum Gasteiger partial charge on any atom is 0.340 e. The van der Waals surface area contributed by atoms with Gasteiger partial charge in [0.15, 0.2) is 0 Å². The zero-order valence-corrected chi connectivity index (χ0v) is 18.3. The Balaban J connectivity index is 1.67. The topological polar surface area (TPSA) is 69.0 Å². The van der Waals surface area contributed by atoms with E-state index in [1.165, 1.54) is 18.6 Å². The number of amides is 2. The molecule has 1 unspecified atom stereocenters. The van der Waals surface area contributed by atoms with Crippen molar-refractivity contribution in [2.45, 2.75) is 51.2 Å². The summed E-state index contributed by atoms with van der Waals surface area (Å²) in [7, 11) is 3.47. The second-order valence-corrected chi connectivity index (χ2v) is 8.72. The molecule has 1 fully saturated rings. The summed E-state index contributed by atoms with van der Waals surface area (Å²) in [6.45, 7) is 1.62. The largest absolute Gasteiger partial charge is 0.389 e. The van der Waals surface area contributed by atoms with Gasteiger partial charge >= 0.3 is 6.03 Å². The van der Waals surface area contributed by atoms with Crippen molar-refractivity contribution in [3.8, 4) is 11.3 Å². The Hall–Kier alpha value is -2.80. The number of hydrogen-bond acceptors (Lipinski definition) is 4. The number of halogens is 1. The highest BCUT2D eigenvalue weighted by Gasteiger charge is 2.37. The van der Waals surface area contributed by atoms with Crippen LogP contribution in [0.25, 0.3) is 11.3 Å². The lowest BCUT2D eigenvalue weighted by atomic mass is 9.79. The summed E-state index contributed by atoms with van der Waals surface area (Å²) in [5.41, 5.74) is 3.97. The van der Waals surface area contributed by atoms with Crippen LogP contribution in [0.4, 0.5) is 9.18 Å². The average molecular weight is 425 g/mol. The molecule has 1 aliphatic carbocycles. The molecule has 0 spiro atoms. The number of aliphatic hydroxyl groups is 1. The summed E-state index contributed by atoms with van der Waals surface area (Å²) in [5.74, 6) is 0.0870. The van der Waals surface area contributed by atoms with Gasteiger partial charge in [-0.05, 0) is 67.5 Å². The van der Waals surface area contributed by atoms with Crippen LogP contribution in [0, 0.1) is 11.7 Å². The lowest BCUT2D eigenvalue weighted by Crippen LogP contribution is -2.40. The van der Waals surface area contributed by atoms with Crippen molar-refractivity contribution in [2.75, 3.05) is 14.1 Å². The van der Waals surface area contributed by atoms with Crippen molar-refractivity contribution in [3.05, 3.63) is 53.5 Å². The fraction of sp³-hybridized carbons (Fsp3) is 0.458. The Morgan fingerprint density at radius 3 is 2.74 bits per heavy atom. The Morgan fingerprint density at radius 2 is 2.10 bits per heavy atom. The smallest absolute Gasteiger partial charge is 0.340 e. The predicted molar refractivity (Wildman–Crippen MR) is 118 cm³/mol. The molecule has 1 saturated carbocycles. The van der Waals surface area contributed by atoms with E-state index in [4.69, 9.17) is 5.10 Å². The van der Waals surface area contributed by atoms with E-state index in [2.05, 4.69) is 4.98 Å². The molecule has 1 aliphatic heterocycles. The normalized spacial score (nSPS) is 19.7. The van der Waals surface area contributed by atoms with E-state index in [-0.39, 0.29) is 12.1 Å². The van der Waals surface area contributed by atoms with Crippen molar-refractivity contribution >= 4 is 11.7 Å². The third kappa shape index (κ3) is 4.32. The molecule has 1 aromatic heterocycles. The third-order valence-electron chi connectivity index (χ3n) is 6.25. The summed E-state index contributed by atoms with van der Waals surface area (Å²) < 4.78 is 13.8. The number of aliphatic hydroxyl groups excluding tert-OH is 1. The van der Waals surface area contributed by atoms with Gasteiger partial charge < -0.3 is 10.0 Å². The molecule has 1 aromatic carbocycles. The molecule has 4 rings (SSSR count). The van der Waals surface area contributed by atoms with Gasteiger partial charge in [-0.3, -0.25) is 4.98 Å². The summed E-state index contributed by atoms with van der Waals surface area (Å²) in [5, 5.41) is 16.5. The van der Waals surface area contributed by atoms with Gasteiger partial charge in [0.25, 0.3) is 0 Å². The molecule has 0 radical (unpaired) electrons. The molecule has 2 atom stereocenters. The van der Waals surface area contributed by atoms with Gasteiger partial charge in [0.1, 0.15) is 5.82 Å². The molecule has 7 heteroatoms. The van der Waals surface area contributed by atoms with E-state index in [0.29, 0.717) is 29.2 Å². The fourth-order valence-corrected chi connectivity index (χ4v) is 4.34. The zero-order chi connectivity index (χ0) is 22.1. The third-order valence-corrected chi connectivity index (χ3v) is 6.25. The SMILES string of the molecule is C[C@@H](O)c1cc(F)ccc1-c1ncccc1CC1CC(C2CCC2)=NN1C(=O)N(C)C. The van der Waals surface area contributed by atoms with Gasteiger partial charge in [-0.2, -0.15) is 5.10 Å². The minimum absolute atomic E-state index is 0.0936. The van der Waals surface area contributed by atoms with Crippen molar-refractivity contribution in [1.82, 2.24) is 14.9 Å². The molecule has 1 N–H and O–H groups in total. The van der Waals surface area contributed by atoms with E-state index < -0.39 is 11.9 Å². The standard InChI is InChI=1S/C24H29FN4O2/c1-15(30)21-13-18(25)9-10-20(21)23-17(8-5-11-26-23)12-19-14-22(16-6-4-7-16)27-29(19)24(31)28(2)3/h5,8-11,13,15-16,19,30H,4,6-7,12,14H2,1-3H3/t15-,19?/m1/s1. The Morgan fingerprint density at radius 1 is 1.32 bits per heavy atom. The maximum atomic E-state index is 13.8. The summed E-state index contributed by atoms with van der Waals surface area (Å²) in [4.78, 5) is 18.9. The van der Waals surface area contributed by atoms with Crippen LogP contribution in [0.1, 0.15) is 49.8 Å². The molecule has 31 heavy (non-hydrogen) atoms. The molecule has 0 bridgehead atoms. The van der Waals surface area contributed by atoms with E-state index in [1.54, 1.807) is 43.2 Å². The number of carbonyl (C=O) groups excluding carboxylic acids is 1. The molecule has 0 saturated heterocycles. The number of rotatable bonds is 5. The van der Waals surface area contributed by atoms with E-state index in [9.17, 15) is 14.3 Å². The lowest BCUT2D eigenvalue weighted by molar-refractivity contribution is 0.159. The van der Waals surface area contributed by atoms with Crippen molar-refractivity contribution in [2.24, 2.45) is 11.0 Å². The highest BCUT2D eigenvalue weighted by molar-refractivity contribution is 5.92. The van der Waals surface area contributed by atoms with Crippen LogP contribution in [0.5, 0.6) is 0 Å². The Kier molecular flexibility index (Phi) is 6.05. The van der Waals surface area contributed by atoms with Gasteiger partial charge in [-0.25, -0.2) is 14.2 Å². The first-order chi connectivity index (χ1) is 14.8. The Bertz CT molecular complexity index is 1000. The number of aromatic nitrogens is 1. The summed E-state index contributed by atoms with van der Waals surface area (Å²) in [6.07, 6.45) is 5.70. The van der Waals surface area contributed by atoms with Gasteiger partial charge in [-0.1, -0.05) is 12.5 Å². The van der Waals surface area contributed by atoms with Crippen LogP contribution in [0.3, 0.4) is 0 Å². The van der Waals surface area contributed by atoms with Crippen molar-refractivity contribution in [1.29, 1.82) is 0 Å². The first-order valence-electron chi connectivity index (χ1n) is 10.8. The summed E-state index contributed by atoms with van der Waals surface area (Å²) >= 11 is 0. The van der Waals surface area contributed by atoms with Gasteiger partial charge in [0.05, 0.1) is 17.8 Å². The second-order valence-electron chi connectivity index (χ2n) is 8.72. The van der Waals surface area contributed by atoms with E-state index in [0.717, 1.165) is 30.5 Å². The van der Waals surface area contributed by atoms with Crippen LogP contribution in [0.2, 0.25) is 0 Å². The molecule has 2 aliphatic rings. The molecular weight excluding hydrogens is 395 g/mol. The number of nitrogens with zero attached hydrogens (tertiary/aromatic N) is 4. The number of hydrogen-bond donors (Lipinski definition) is 1. The summed E-state index contributed by atoms with van der Waals surface area (Å²) in [6, 6.07) is 8.03. The average Bonchev–Trinajstić information content (AvgIpc) is 3.09. The molecular formula is C24H29FN4O2. The first-order valence-corrected chi connectivity index (χ1v) is 10.8. The predicted octanol–water partition coefficient (Wildman–Crippen LogP) is 4.40. The van der Waals surface area contributed by atoms with Crippen LogP contribution in [0.15, 0.2) is 41.6 Å². The van der Waals surface area contributed by atoms with Crippen LogP contribution in [-0.2, 0) is 6.42 Å². The number of pyridine rings is 1. The molecule has 2 amide bonds. The van der Waals surface area contributed by atoms with Crippen molar-refractivity contribution in [3.63, 3.8) is 0 Å². The highest BCUT2D eigenvalue weighted by atomic mass is 19.1. The quantitative estimate of drug-likeness (QED) is 0.774. The monoisotopic (exact) mass is 424 g/mol. The molecule has 2 aromatic rings. The minimum atomic E-state index is -0.826. The maximum absolute atomic E-state index is 13.8. The molecule has 164 valence electrons. The number of carbonyl (C=O) groups is 1. The van der Waals surface area contributed by atoms with Crippen LogP contribution < -0.4 is 0 Å².